The molecule has 0 fully saturated rings. The van der Waals surface area contributed by atoms with Crippen LogP contribution in [0, 0.1) is 17.1 Å². The van der Waals surface area contributed by atoms with Crippen LogP contribution in [0.2, 0.25) is 0 Å². The molecule has 1 heterocycles. The van der Waals surface area contributed by atoms with Crippen molar-refractivity contribution in [3.05, 3.63) is 65.2 Å². The number of hydrogen-bond acceptors (Lipinski definition) is 3. The summed E-state index contributed by atoms with van der Waals surface area (Å²) in [4.78, 5) is 15.6. The molecule has 94 valence electrons. The maximum atomic E-state index is 12.9. The molecular formula is C14H10FN3O. The van der Waals surface area contributed by atoms with Crippen LogP contribution in [0.5, 0.6) is 0 Å². The van der Waals surface area contributed by atoms with Crippen LogP contribution in [0.3, 0.4) is 0 Å². The Morgan fingerprint density at radius 2 is 2.21 bits per heavy atom. The summed E-state index contributed by atoms with van der Waals surface area (Å²) in [5.74, 6) is -0.659. The van der Waals surface area contributed by atoms with Gasteiger partial charge in [-0.2, -0.15) is 5.26 Å². The average molecular weight is 255 g/mol. The zero-order valence-electron chi connectivity index (χ0n) is 9.93. The van der Waals surface area contributed by atoms with Gasteiger partial charge in [-0.05, 0) is 29.8 Å². The van der Waals surface area contributed by atoms with E-state index in [9.17, 15) is 9.18 Å². The molecule has 0 bridgehead atoms. The number of nitrogens with one attached hydrogen (secondary N) is 1. The number of hydrogen-bond donors (Lipinski definition) is 1. The van der Waals surface area contributed by atoms with Crippen LogP contribution < -0.4 is 5.32 Å². The van der Waals surface area contributed by atoms with E-state index in [0.29, 0.717) is 11.1 Å². The first-order valence-corrected chi connectivity index (χ1v) is 5.58. The van der Waals surface area contributed by atoms with E-state index in [4.69, 9.17) is 5.26 Å². The summed E-state index contributed by atoms with van der Waals surface area (Å²) >= 11 is 0. The van der Waals surface area contributed by atoms with Gasteiger partial charge in [0.15, 0.2) is 0 Å². The van der Waals surface area contributed by atoms with Crippen molar-refractivity contribution in [2.24, 2.45) is 0 Å². The minimum Gasteiger partial charge on any atom is -0.348 e. The smallest absolute Gasteiger partial charge is 0.253 e. The lowest BCUT2D eigenvalue weighted by Crippen LogP contribution is -2.22. The number of carbonyl (C=O) groups excluding carboxylic acids is 1. The Morgan fingerprint density at radius 3 is 2.84 bits per heavy atom. The second-order valence-electron chi connectivity index (χ2n) is 3.86. The molecule has 0 aliphatic heterocycles. The minimum atomic E-state index is -0.341. The highest BCUT2D eigenvalue weighted by Gasteiger charge is 2.06. The summed E-state index contributed by atoms with van der Waals surface area (Å²) in [7, 11) is 0. The predicted molar refractivity (Wildman–Crippen MR) is 66.5 cm³/mol. The third kappa shape index (κ3) is 3.36. The number of aromatic nitrogens is 1. The average Bonchev–Trinajstić information content (AvgIpc) is 2.45. The Morgan fingerprint density at radius 1 is 1.37 bits per heavy atom. The SMILES string of the molecule is N#Cc1ccc(C(=O)NCc2cccc(F)c2)cn1. The molecule has 1 amide bonds. The molecule has 2 rings (SSSR count). The van der Waals surface area contributed by atoms with Gasteiger partial charge in [0, 0.05) is 12.7 Å². The largest absolute Gasteiger partial charge is 0.348 e. The third-order valence-electron chi connectivity index (χ3n) is 2.48. The first-order valence-electron chi connectivity index (χ1n) is 5.58. The number of halogens is 1. The standard InChI is InChI=1S/C14H10FN3O/c15-12-3-1-2-10(6-12)8-18-14(19)11-4-5-13(7-16)17-9-11/h1-6,9H,8H2,(H,18,19). The molecular weight excluding hydrogens is 245 g/mol. The van der Waals surface area contributed by atoms with E-state index in [1.54, 1.807) is 12.1 Å². The fourth-order valence-electron chi connectivity index (χ4n) is 1.53. The number of nitriles is 1. The van der Waals surface area contributed by atoms with Crippen molar-refractivity contribution in [1.29, 1.82) is 5.26 Å². The lowest BCUT2D eigenvalue weighted by atomic mass is 10.2. The fraction of sp³-hybridized carbons (Fsp3) is 0.0714. The summed E-state index contributed by atoms with van der Waals surface area (Å²) in [5, 5.41) is 11.2. The van der Waals surface area contributed by atoms with Crippen molar-refractivity contribution in [2.75, 3.05) is 0 Å². The van der Waals surface area contributed by atoms with E-state index >= 15 is 0 Å². The molecule has 1 aromatic heterocycles. The van der Waals surface area contributed by atoms with E-state index in [2.05, 4.69) is 10.3 Å². The third-order valence-corrected chi connectivity index (χ3v) is 2.48. The highest BCUT2D eigenvalue weighted by molar-refractivity contribution is 5.93. The van der Waals surface area contributed by atoms with Crippen LogP contribution >= 0.6 is 0 Å². The van der Waals surface area contributed by atoms with Crippen LogP contribution in [0.25, 0.3) is 0 Å². The number of benzene rings is 1. The molecule has 0 aliphatic rings. The molecule has 0 aliphatic carbocycles. The predicted octanol–water partition coefficient (Wildman–Crippen LogP) is 2.02. The van der Waals surface area contributed by atoms with Gasteiger partial charge in [-0.3, -0.25) is 4.79 Å². The molecule has 0 saturated carbocycles. The van der Waals surface area contributed by atoms with Gasteiger partial charge in [-0.25, -0.2) is 9.37 Å². The van der Waals surface area contributed by atoms with E-state index in [0.717, 1.165) is 0 Å². The summed E-state index contributed by atoms with van der Waals surface area (Å²) in [6.45, 7) is 0.233. The van der Waals surface area contributed by atoms with Crippen LogP contribution in [0.4, 0.5) is 4.39 Å². The van der Waals surface area contributed by atoms with Crippen molar-refractivity contribution in [3.8, 4) is 6.07 Å². The summed E-state index contributed by atoms with van der Waals surface area (Å²) in [6.07, 6.45) is 1.33. The van der Waals surface area contributed by atoms with Gasteiger partial charge < -0.3 is 5.32 Å². The van der Waals surface area contributed by atoms with Crippen molar-refractivity contribution in [1.82, 2.24) is 10.3 Å². The molecule has 4 nitrogen and oxygen atoms in total. The van der Waals surface area contributed by atoms with Gasteiger partial charge in [0.05, 0.1) is 5.56 Å². The monoisotopic (exact) mass is 255 g/mol. The number of rotatable bonds is 3. The van der Waals surface area contributed by atoms with Gasteiger partial charge >= 0.3 is 0 Å². The Kier molecular flexibility index (Phi) is 3.84. The van der Waals surface area contributed by atoms with Crippen molar-refractivity contribution in [2.45, 2.75) is 6.54 Å². The number of pyridine rings is 1. The van der Waals surface area contributed by atoms with Crippen molar-refractivity contribution < 1.29 is 9.18 Å². The van der Waals surface area contributed by atoms with Gasteiger partial charge in [-0.1, -0.05) is 12.1 Å². The molecule has 0 radical (unpaired) electrons. The fourth-order valence-corrected chi connectivity index (χ4v) is 1.53. The Bertz CT molecular complexity index is 632. The molecule has 0 spiro atoms. The molecule has 2 aromatic rings. The van der Waals surface area contributed by atoms with Crippen molar-refractivity contribution in [3.63, 3.8) is 0 Å². The van der Waals surface area contributed by atoms with Crippen molar-refractivity contribution >= 4 is 5.91 Å². The normalized spacial score (nSPS) is 9.68. The van der Waals surface area contributed by atoms with E-state index in [-0.39, 0.29) is 24.0 Å². The van der Waals surface area contributed by atoms with Gasteiger partial charge in [0.25, 0.3) is 5.91 Å². The highest BCUT2D eigenvalue weighted by atomic mass is 19.1. The molecule has 0 saturated heterocycles. The first-order chi connectivity index (χ1) is 9.19. The number of amides is 1. The molecule has 19 heavy (non-hydrogen) atoms. The van der Waals surface area contributed by atoms with Gasteiger partial charge in [0.2, 0.25) is 0 Å². The molecule has 5 heteroatoms. The maximum absolute atomic E-state index is 12.9. The first kappa shape index (κ1) is 12.7. The lowest BCUT2D eigenvalue weighted by Gasteiger charge is -2.05. The Balaban J connectivity index is 1.99. The van der Waals surface area contributed by atoms with E-state index in [1.165, 1.54) is 30.5 Å². The second-order valence-corrected chi connectivity index (χ2v) is 3.86. The summed E-state index contributed by atoms with van der Waals surface area (Å²) < 4.78 is 12.9. The van der Waals surface area contributed by atoms with Gasteiger partial charge in [-0.15, -0.1) is 0 Å². The zero-order chi connectivity index (χ0) is 13.7. The van der Waals surface area contributed by atoms with Crippen LogP contribution in [-0.2, 0) is 6.54 Å². The highest BCUT2D eigenvalue weighted by Crippen LogP contribution is 2.04. The topological polar surface area (TPSA) is 65.8 Å². The summed E-state index contributed by atoms with van der Waals surface area (Å²) in [6, 6.07) is 10.9. The van der Waals surface area contributed by atoms with Crippen LogP contribution in [0.1, 0.15) is 21.6 Å². The number of nitrogens with zero attached hydrogens (tertiary/aromatic N) is 2. The quantitative estimate of drug-likeness (QED) is 0.912. The lowest BCUT2D eigenvalue weighted by molar-refractivity contribution is 0.0950. The molecule has 1 N–H and O–H groups in total. The Labute approximate surface area is 109 Å². The van der Waals surface area contributed by atoms with E-state index < -0.39 is 0 Å². The zero-order valence-corrected chi connectivity index (χ0v) is 9.93. The second kappa shape index (κ2) is 5.74. The minimum absolute atomic E-state index is 0.233. The maximum Gasteiger partial charge on any atom is 0.253 e. The van der Waals surface area contributed by atoms with Crippen LogP contribution in [0.15, 0.2) is 42.6 Å². The van der Waals surface area contributed by atoms with Crippen LogP contribution in [-0.4, -0.2) is 10.9 Å². The molecule has 0 unspecified atom stereocenters. The molecule has 1 aromatic carbocycles. The Hall–Kier alpha value is -2.74. The van der Waals surface area contributed by atoms with Gasteiger partial charge in [0.1, 0.15) is 17.6 Å². The number of carbonyl (C=O) groups is 1. The molecule has 0 atom stereocenters. The van der Waals surface area contributed by atoms with E-state index in [1.807, 2.05) is 6.07 Å². The summed E-state index contributed by atoms with van der Waals surface area (Å²) in [5.41, 5.74) is 1.28.